The molecule has 0 aliphatic carbocycles. The van der Waals surface area contributed by atoms with Gasteiger partial charge in [0.05, 0.1) is 12.8 Å². The van der Waals surface area contributed by atoms with Crippen molar-refractivity contribution < 1.29 is 28.5 Å². The van der Waals surface area contributed by atoms with Crippen molar-refractivity contribution in [2.75, 3.05) is 17.2 Å². The molecule has 0 saturated carbocycles. The molecule has 0 spiro atoms. The van der Waals surface area contributed by atoms with E-state index in [0.717, 1.165) is 18.2 Å². The summed E-state index contributed by atoms with van der Waals surface area (Å²) in [6, 6.07) is 11.8. The van der Waals surface area contributed by atoms with E-state index in [2.05, 4.69) is 20.6 Å². The predicted octanol–water partition coefficient (Wildman–Crippen LogP) is 4.41. The lowest BCUT2D eigenvalue weighted by atomic mass is 10.1. The molecule has 10 heteroatoms. The SMILES string of the molecule is O=C(O)c1cc2cc(Nc3ncc(F)c(Nc4ccc5c(c4)OOCC5)n3)ccc2o1. The van der Waals surface area contributed by atoms with E-state index >= 15 is 0 Å². The number of carbonyl (C=O) groups is 1. The molecule has 2 aromatic heterocycles. The molecule has 1 aliphatic heterocycles. The van der Waals surface area contributed by atoms with Crippen molar-refractivity contribution in [1.29, 1.82) is 0 Å². The average Bonchev–Trinajstić information content (AvgIpc) is 3.20. The monoisotopic (exact) mass is 422 g/mol. The normalized spacial score (nSPS) is 12.8. The van der Waals surface area contributed by atoms with Gasteiger partial charge < -0.3 is 25.0 Å². The van der Waals surface area contributed by atoms with Crippen LogP contribution in [0.3, 0.4) is 0 Å². The Balaban J connectivity index is 1.38. The van der Waals surface area contributed by atoms with Crippen LogP contribution in [0.25, 0.3) is 11.0 Å². The van der Waals surface area contributed by atoms with Crippen molar-refractivity contribution in [3.05, 3.63) is 65.8 Å². The standard InChI is InChI=1S/C21H15FN4O5/c22-15-10-23-21(25-13-3-4-16-12(7-13)8-18(30-16)20(27)28)26-19(15)24-14-2-1-11-5-6-29-31-17(11)9-14/h1-4,7-10H,5-6H2,(H,27,28)(H2,23,24,25,26). The fourth-order valence-corrected chi connectivity index (χ4v) is 3.18. The predicted molar refractivity (Wildman–Crippen MR) is 108 cm³/mol. The molecule has 5 rings (SSSR count). The summed E-state index contributed by atoms with van der Waals surface area (Å²) >= 11 is 0. The number of hydrogen-bond donors (Lipinski definition) is 3. The summed E-state index contributed by atoms with van der Waals surface area (Å²) < 4.78 is 19.5. The van der Waals surface area contributed by atoms with E-state index < -0.39 is 11.8 Å². The first-order valence-electron chi connectivity index (χ1n) is 9.31. The molecule has 31 heavy (non-hydrogen) atoms. The number of carboxylic acid groups (broad SMARTS) is 1. The summed E-state index contributed by atoms with van der Waals surface area (Å²) in [5.74, 6) is -1.23. The molecule has 0 unspecified atom stereocenters. The number of hydrogen-bond acceptors (Lipinski definition) is 8. The van der Waals surface area contributed by atoms with Crippen molar-refractivity contribution in [3.63, 3.8) is 0 Å². The molecule has 9 nitrogen and oxygen atoms in total. The minimum atomic E-state index is -1.15. The molecular weight excluding hydrogens is 407 g/mol. The second kappa shape index (κ2) is 7.58. The maximum atomic E-state index is 14.3. The first-order valence-corrected chi connectivity index (χ1v) is 9.31. The lowest BCUT2D eigenvalue weighted by Crippen LogP contribution is -2.11. The third kappa shape index (κ3) is 3.83. The Morgan fingerprint density at radius 2 is 1.94 bits per heavy atom. The molecule has 3 N–H and O–H groups in total. The van der Waals surface area contributed by atoms with Gasteiger partial charge in [0.2, 0.25) is 11.7 Å². The Labute approximate surface area is 174 Å². The van der Waals surface area contributed by atoms with E-state index in [1.807, 2.05) is 6.07 Å². The van der Waals surface area contributed by atoms with Crippen LogP contribution in [0.15, 0.2) is 53.1 Å². The quantitative estimate of drug-likeness (QED) is 0.402. The van der Waals surface area contributed by atoms with Gasteiger partial charge in [0.1, 0.15) is 5.58 Å². The molecule has 4 aromatic rings. The summed E-state index contributed by atoms with van der Waals surface area (Å²) in [6.07, 6.45) is 1.79. The zero-order valence-corrected chi connectivity index (χ0v) is 15.9. The maximum absolute atomic E-state index is 14.3. The number of nitrogens with one attached hydrogen (secondary N) is 2. The van der Waals surface area contributed by atoms with Crippen molar-refractivity contribution in [2.45, 2.75) is 6.42 Å². The second-order valence-electron chi connectivity index (χ2n) is 6.79. The largest absolute Gasteiger partial charge is 0.475 e. The number of carboxylic acids is 1. The van der Waals surface area contributed by atoms with Crippen LogP contribution in [-0.4, -0.2) is 27.7 Å². The first kappa shape index (κ1) is 18.8. The van der Waals surface area contributed by atoms with Crippen LogP contribution in [0.4, 0.5) is 27.5 Å². The molecule has 0 fully saturated rings. The highest BCUT2D eigenvalue weighted by Crippen LogP contribution is 2.29. The molecule has 0 bridgehead atoms. The van der Waals surface area contributed by atoms with Crippen LogP contribution in [0.2, 0.25) is 0 Å². The highest BCUT2D eigenvalue weighted by Gasteiger charge is 2.15. The number of fused-ring (bicyclic) bond motifs is 2. The number of rotatable bonds is 5. The zero-order chi connectivity index (χ0) is 21.4. The van der Waals surface area contributed by atoms with Gasteiger partial charge in [0, 0.05) is 34.8 Å². The topological polar surface area (TPSA) is 119 Å². The molecule has 0 atom stereocenters. The fraction of sp³-hybridized carbons (Fsp3) is 0.0952. The molecule has 2 aromatic carbocycles. The number of aromatic carboxylic acids is 1. The van der Waals surface area contributed by atoms with Gasteiger partial charge in [-0.25, -0.2) is 14.2 Å². The first-order chi connectivity index (χ1) is 15.0. The van der Waals surface area contributed by atoms with Crippen LogP contribution in [0, 0.1) is 5.82 Å². The zero-order valence-electron chi connectivity index (χ0n) is 15.9. The minimum absolute atomic E-state index is 0.0215. The van der Waals surface area contributed by atoms with Crippen molar-refractivity contribution in [3.8, 4) is 5.75 Å². The highest BCUT2D eigenvalue weighted by molar-refractivity contribution is 5.92. The average molecular weight is 422 g/mol. The van der Waals surface area contributed by atoms with Gasteiger partial charge >= 0.3 is 5.97 Å². The molecule has 156 valence electrons. The number of nitrogens with zero attached hydrogens (tertiary/aromatic N) is 2. The van der Waals surface area contributed by atoms with E-state index in [1.54, 1.807) is 30.3 Å². The smallest absolute Gasteiger partial charge is 0.371 e. The molecule has 1 aliphatic rings. The van der Waals surface area contributed by atoms with Gasteiger partial charge in [-0.1, -0.05) is 6.07 Å². The lowest BCUT2D eigenvalue weighted by molar-refractivity contribution is -0.215. The Bertz CT molecular complexity index is 1310. The van der Waals surface area contributed by atoms with E-state index in [0.29, 0.717) is 34.7 Å². The number of anilines is 4. The molecular formula is C21H15FN4O5. The van der Waals surface area contributed by atoms with E-state index in [9.17, 15) is 9.18 Å². The van der Waals surface area contributed by atoms with Gasteiger partial charge in [0.25, 0.3) is 0 Å². The van der Waals surface area contributed by atoms with Crippen LogP contribution in [0.1, 0.15) is 16.1 Å². The molecule has 3 heterocycles. The van der Waals surface area contributed by atoms with Gasteiger partial charge in [-0.3, -0.25) is 0 Å². The van der Waals surface area contributed by atoms with E-state index in [4.69, 9.17) is 19.3 Å². The van der Waals surface area contributed by atoms with E-state index in [1.165, 1.54) is 6.07 Å². The van der Waals surface area contributed by atoms with Crippen molar-refractivity contribution in [2.24, 2.45) is 0 Å². The summed E-state index contributed by atoms with van der Waals surface area (Å²) in [5.41, 5.74) is 2.60. The van der Waals surface area contributed by atoms with Crippen molar-refractivity contribution in [1.82, 2.24) is 9.97 Å². The maximum Gasteiger partial charge on any atom is 0.371 e. The Hall–Kier alpha value is -4.18. The number of furan rings is 1. The van der Waals surface area contributed by atoms with Gasteiger partial charge in [-0.05, 0) is 30.3 Å². The molecule has 0 amide bonds. The van der Waals surface area contributed by atoms with Crippen LogP contribution < -0.4 is 15.5 Å². The van der Waals surface area contributed by atoms with Crippen molar-refractivity contribution >= 4 is 40.1 Å². The van der Waals surface area contributed by atoms with Gasteiger partial charge in [0.15, 0.2) is 17.4 Å². The third-order valence-corrected chi connectivity index (χ3v) is 4.66. The number of benzene rings is 2. The Morgan fingerprint density at radius 1 is 1.10 bits per heavy atom. The van der Waals surface area contributed by atoms with Crippen LogP contribution >= 0.6 is 0 Å². The summed E-state index contributed by atoms with van der Waals surface area (Å²) in [6.45, 7) is 0.484. The van der Waals surface area contributed by atoms with Crippen LogP contribution in [0.5, 0.6) is 5.75 Å². The summed E-state index contributed by atoms with van der Waals surface area (Å²) in [5, 5.41) is 15.5. The Morgan fingerprint density at radius 3 is 2.81 bits per heavy atom. The Kier molecular flexibility index (Phi) is 4.60. The van der Waals surface area contributed by atoms with Gasteiger partial charge in [-0.2, -0.15) is 9.87 Å². The van der Waals surface area contributed by atoms with Gasteiger partial charge in [-0.15, -0.1) is 0 Å². The highest BCUT2D eigenvalue weighted by atomic mass is 19.1. The lowest BCUT2D eigenvalue weighted by Gasteiger charge is -2.17. The molecule has 0 saturated heterocycles. The number of aromatic nitrogens is 2. The third-order valence-electron chi connectivity index (χ3n) is 4.66. The summed E-state index contributed by atoms with van der Waals surface area (Å²) in [4.78, 5) is 29.4. The summed E-state index contributed by atoms with van der Waals surface area (Å²) in [7, 11) is 0. The minimum Gasteiger partial charge on any atom is -0.475 e. The van der Waals surface area contributed by atoms with Crippen LogP contribution in [-0.2, 0) is 11.3 Å². The fourth-order valence-electron chi connectivity index (χ4n) is 3.18. The second-order valence-corrected chi connectivity index (χ2v) is 6.79. The van der Waals surface area contributed by atoms with E-state index in [-0.39, 0.29) is 17.5 Å². The molecule has 0 radical (unpaired) electrons. The number of halogens is 1.